The first-order valence-corrected chi connectivity index (χ1v) is 14.0. The number of amides is 2. The zero-order valence-electron chi connectivity index (χ0n) is 44.2. The van der Waals surface area contributed by atoms with Gasteiger partial charge in [0.15, 0.2) is 0 Å². The van der Waals surface area contributed by atoms with E-state index >= 15 is 0 Å². The van der Waals surface area contributed by atoms with Gasteiger partial charge in [-0.3, -0.25) is 9.59 Å². The van der Waals surface area contributed by atoms with Gasteiger partial charge in [-0.15, -0.1) is 0 Å². The minimum Gasteiger partial charge on any atom is -0.497 e. The van der Waals surface area contributed by atoms with E-state index in [1.165, 1.54) is 30.0 Å². The summed E-state index contributed by atoms with van der Waals surface area (Å²) in [7, 11) is -5.00. The Bertz CT molecular complexity index is 2620. The van der Waals surface area contributed by atoms with Gasteiger partial charge in [-0.05, 0) is 66.3 Å². The maximum absolute atomic E-state index is 15.0. The summed E-state index contributed by atoms with van der Waals surface area (Å²) in [5.41, 5.74) is -3.41. The topological polar surface area (TPSA) is 110 Å². The summed E-state index contributed by atoms with van der Waals surface area (Å²) >= 11 is 0. The van der Waals surface area contributed by atoms with Crippen LogP contribution >= 0.6 is 0 Å². The lowest BCUT2D eigenvalue weighted by Gasteiger charge is -2.24. The third-order valence-corrected chi connectivity index (χ3v) is 7.92. The molecule has 3 aliphatic rings. The zero-order chi connectivity index (χ0) is 49.6. The van der Waals surface area contributed by atoms with Crippen molar-refractivity contribution in [2.24, 2.45) is 0 Å². The van der Waals surface area contributed by atoms with Crippen LogP contribution in [0.3, 0.4) is 0 Å². The van der Waals surface area contributed by atoms with Gasteiger partial charge >= 0.3 is 10.2 Å². The van der Waals surface area contributed by atoms with Crippen molar-refractivity contribution in [2.45, 2.75) is 44.4 Å². The van der Waals surface area contributed by atoms with Gasteiger partial charge in [-0.25, -0.2) is 4.72 Å². The number of ether oxygens (including phenoxy) is 2. The van der Waals surface area contributed by atoms with Crippen molar-refractivity contribution in [3.63, 3.8) is 0 Å². The Hall–Kier alpha value is -3.67. The summed E-state index contributed by atoms with van der Waals surface area (Å²) in [6.45, 7) is -30.6. The average molecular weight is 629 g/mol. The molecule has 11 heteroatoms. The first-order chi connectivity index (χ1) is 29.0. The van der Waals surface area contributed by atoms with Gasteiger partial charge in [0.25, 0.3) is 11.8 Å². The highest BCUT2D eigenvalue weighted by atomic mass is 32.2. The number of nitrogens with zero attached hydrogens (tertiary/aromatic N) is 3. The monoisotopic (exact) mass is 628 g/mol. The van der Waals surface area contributed by atoms with Crippen molar-refractivity contribution >= 4 is 39.0 Å². The summed E-state index contributed by atoms with van der Waals surface area (Å²) < 4.78 is 225. The number of methoxy groups -OCH3 is 1. The summed E-state index contributed by atoms with van der Waals surface area (Å²) in [4.78, 5) is 28.0. The number of aromatic nitrogens is 1. The lowest BCUT2D eigenvalue weighted by Crippen LogP contribution is -2.42. The quantitative estimate of drug-likeness (QED) is 0.457. The number of likely N-dealkylation sites (N-methyl/N-ethyl adjacent to an activating group) is 2. The second kappa shape index (κ2) is 11.8. The number of fused-ring (bicyclic) bond motifs is 4. The molecule has 0 unspecified atom stereocenters. The second-order valence-corrected chi connectivity index (χ2v) is 10.9. The van der Waals surface area contributed by atoms with Crippen LogP contribution in [0.1, 0.15) is 89.5 Å². The minimum absolute atomic E-state index is 0.0157. The number of rotatable bonds is 2. The largest absolute Gasteiger partial charge is 0.497 e. The number of nitrogens with one attached hydrogen (secondary N) is 1. The van der Waals surface area contributed by atoms with E-state index < -0.39 is 132 Å². The van der Waals surface area contributed by atoms with E-state index in [0.29, 0.717) is 4.57 Å². The molecular formula is C32H38N4O6S. The maximum Gasteiger partial charge on any atom is 0.303 e. The van der Waals surface area contributed by atoms with E-state index in [2.05, 4.69) is 4.74 Å². The molecule has 228 valence electrons. The maximum atomic E-state index is 15.0. The first-order valence-electron chi connectivity index (χ1n) is 23.6. The van der Waals surface area contributed by atoms with Crippen molar-refractivity contribution in [3.05, 3.63) is 58.7 Å². The van der Waals surface area contributed by atoms with E-state index in [1.807, 2.05) is 0 Å². The van der Waals surface area contributed by atoms with Crippen molar-refractivity contribution in [2.75, 3.05) is 47.2 Å². The van der Waals surface area contributed by atoms with E-state index in [0.717, 1.165) is 24.3 Å². The first kappa shape index (κ1) is 13.1. The Morgan fingerprint density at radius 1 is 1.05 bits per heavy atom. The van der Waals surface area contributed by atoms with Crippen LogP contribution in [0.4, 0.5) is 0 Å². The molecule has 43 heavy (non-hydrogen) atoms. The Morgan fingerprint density at radius 3 is 2.63 bits per heavy atom. The standard InChI is InChI=1S/C32H38N4O6S/c1-34-13-15-42-16-14-35(2)43(39,40)33-31(37)22-9-11-27-28(19-22)36-20-24(32(34)38)17-23-18-25(41-3)10-12-26(23)30(36)29(27)21-7-5-4-6-8-21/h9-12,17-19,21H,4-8,13-16,20H2,1-3H3,(H,33,37)/i1D3,2D3,4D2,5D2,6D2,13D2,14D2,15D2,16D2,20D2. The number of hydrogen-bond acceptors (Lipinski definition) is 6. The fraction of sp³-hybridized carbons (Fsp3) is 0.438. The van der Waals surface area contributed by atoms with Crippen molar-refractivity contribution in [1.82, 2.24) is 18.5 Å². The highest BCUT2D eigenvalue weighted by molar-refractivity contribution is 7.87. The molecule has 4 bridgehead atoms. The second-order valence-electron chi connectivity index (χ2n) is 9.41. The molecule has 3 heterocycles. The molecule has 0 spiro atoms. The van der Waals surface area contributed by atoms with Gasteiger partial charge in [0.1, 0.15) is 5.75 Å². The smallest absolute Gasteiger partial charge is 0.303 e. The minimum atomic E-state index is -6.21. The van der Waals surface area contributed by atoms with Crippen LogP contribution in [0, 0.1) is 0 Å². The molecule has 2 aliphatic heterocycles. The third kappa shape index (κ3) is 5.57. The molecule has 0 radical (unpaired) electrons. The molecule has 2 amide bonds. The SMILES string of the molecule is [2H]C([2H])([2H])N1C(=O)C2=Cc3cc(OC)ccc3-c3c(C4CC([2H])([2H])C([2H])([2H])C([2H])([2H])C4)c4ccc(cc4n3C2([2H])[2H])C(=O)NS(=O)(=O)N(C([2H])([2H])[2H])C([2H])([2H])C([2H])([2H])OC([2H])([2H])C1([2H])[2H]. The summed E-state index contributed by atoms with van der Waals surface area (Å²) in [6, 6.07) is 6.56. The Balaban J connectivity index is 1.82. The highest BCUT2D eigenvalue weighted by Crippen LogP contribution is 2.47. The summed E-state index contributed by atoms with van der Waals surface area (Å²) in [5, 5.41) is -0.169. The molecule has 3 aromatic rings. The molecule has 1 aromatic heterocycles. The fourth-order valence-corrected chi connectivity index (χ4v) is 5.57. The summed E-state index contributed by atoms with van der Waals surface area (Å²) in [5.74, 6) is -5.36. The molecule has 0 saturated heterocycles. The van der Waals surface area contributed by atoms with E-state index in [9.17, 15) is 20.7 Å². The number of carbonyl (C=O) groups excluding carboxylic acids is 2. The molecule has 1 N–H and O–H groups in total. The van der Waals surface area contributed by atoms with E-state index in [4.69, 9.17) is 32.2 Å². The predicted molar refractivity (Wildman–Crippen MR) is 165 cm³/mol. The normalized spacial score (nSPS) is 38.0. The van der Waals surface area contributed by atoms with Gasteiger partial charge in [0.05, 0.1) is 43.4 Å². The van der Waals surface area contributed by atoms with Gasteiger partial charge in [-0.2, -0.15) is 12.7 Å². The predicted octanol–water partition coefficient (Wildman–Crippen LogP) is 4.16. The fourth-order valence-electron chi connectivity index (χ4n) is 4.97. The summed E-state index contributed by atoms with van der Waals surface area (Å²) in [6.07, 6.45) is -9.80. The van der Waals surface area contributed by atoms with E-state index in [1.54, 1.807) is 0 Å². The van der Waals surface area contributed by atoms with Gasteiger partial charge in [0, 0.05) is 73.7 Å². The third-order valence-electron chi connectivity index (χ3n) is 6.90. The van der Waals surface area contributed by atoms with Crippen LogP contribution in [0.15, 0.2) is 42.0 Å². The number of benzene rings is 2. The van der Waals surface area contributed by atoms with Crippen LogP contribution in [0.5, 0.6) is 5.75 Å². The van der Waals surface area contributed by atoms with Crippen LogP contribution in [0.25, 0.3) is 28.2 Å². The Kier molecular flexibility index (Phi) is 3.60. The van der Waals surface area contributed by atoms with Crippen molar-refractivity contribution < 1.29 is 57.6 Å². The lowest BCUT2D eigenvalue weighted by atomic mass is 9.81. The van der Waals surface area contributed by atoms with Gasteiger partial charge < -0.3 is 18.9 Å². The molecule has 2 aromatic carbocycles. The Morgan fingerprint density at radius 2 is 1.86 bits per heavy atom. The highest BCUT2D eigenvalue weighted by Gasteiger charge is 2.31. The number of hydrogen-bond donors (Lipinski definition) is 1. The zero-order valence-corrected chi connectivity index (χ0v) is 23.0. The molecular weight excluding hydrogens is 568 g/mol. The molecule has 1 saturated carbocycles. The van der Waals surface area contributed by atoms with Gasteiger partial charge in [0.2, 0.25) is 0 Å². The molecule has 6 rings (SSSR count). The van der Waals surface area contributed by atoms with Crippen LogP contribution in [-0.4, -0.2) is 81.2 Å². The van der Waals surface area contributed by atoms with Crippen LogP contribution in [0.2, 0.25) is 0 Å². The Labute approximate surface area is 283 Å². The van der Waals surface area contributed by atoms with E-state index in [-0.39, 0.29) is 33.5 Å². The molecule has 10 nitrogen and oxygen atoms in total. The number of carbonyl (C=O) groups is 2. The molecule has 1 aliphatic carbocycles. The van der Waals surface area contributed by atoms with Gasteiger partial charge in [-0.1, -0.05) is 25.2 Å². The average Bonchev–Trinajstić information content (AvgIpc) is 3.40. The van der Waals surface area contributed by atoms with Crippen LogP contribution < -0.4 is 9.46 Å². The van der Waals surface area contributed by atoms with Crippen molar-refractivity contribution in [3.8, 4) is 17.0 Å². The molecule has 1 fully saturated rings. The van der Waals surface area contributed by atoms with Crippen LogP contribution in [-0.2, 0) is 26.2 Å². The lowest BCUT2D eigenvalue weighted by molar-refractivity contribution is -0.126. The molecule has 0 atom stereocenters. The van der Waals surface area contributed by atoms with Crippen molar-refractivity contribution in [1.29, 1.82) is 0 Å².